The largest absolute Gasteiger partial charge is 0.391 e. The van der Waals surface area contributed by atoms with Gasteiger partial charge in [-0.2, -0.15) is 0 Å². The fourth-order valence-electron chi connectivity index (χ4n) is 3.62. The Morgan fingerprint density at radius 3 is 2.67 bits per heavy atom. The molecule has 0 saturated heterocycles. The summed E-state index contributed by atoms with van der Waals surface area (Å²) in [5.74, 6) is 0.0386. The molecule has 1 aromatic carbocycles. The molecule has 114 valence electrons. The van der Waals surface area contributed by atoms with Gasteiger partial charge in [-0.3, -0.25) is 4.79 Å². The third-order valence-corrected chi connectivity index (χ3v) is 4.85. The second kappa shape index (κ2) is 6.61. The van der Waals surface area contributed by atoms with E-state index < -0.39 is 0 Å². The molecule has 21 heavy (non-hydrogen) atoms. The number of aliphatic hydroxyl groups is 1. The summed E-state index contributed by atoms with van der Waals surface area (Å²) in [7, 11) is 0. The highest BCUT2D eigenvalue weighted by molar-refractivity contribution is 5.79. The number of amides is 1. The SMILES string of the molecule is O=C(Cc1ccc2c(c1)CCCC2)N[C@H]1CCCC[C@@H]1O. The minimum absolute atomic E-state index is 0.0386. The van der Waals surface area contributed by atoms with E-state index in [9.17, 15) is 9.90 Å². The van der Waals surface area contributed by atoms with Crippen LogP contribution in [0.4, 0.5) is 0 Å². The third-order valence-electron chi connectivity index (χ3n) is 4.85. The predicted molar refractivity (Wildman–Crippen MR) is 83.2 cm³/mol. The average Bonchev–Trinajstić information content (AvgIpc) is 2.49. The van der Waals surface area contributed by atoms with Crippen LogP contribution in [-0.4, -0.2) is 23.2 Å². The number of rotatable bonds is 3. The Balaban J connectivity index is 1.59. The molecule has 3 heteroatoms. The summed E-state index contributed by atoms with van der Waals surface area (Å²) < 4.78 is 0. The van der Waals surface area contributed by atoms with Crippen molar-refractivity contribution < 1.29 is 9.90 Å². The molecule has 1 saturated carbocycles. The van der Waals surface area contributed by atoms with Crippen molar-refractivity contribution in [3.8, 4) is 0 Å². The van der Waals surface area contributed by atoms with Gasteiger partial charge in [0.25, 0.3) is 0 Å². The van der Waals surface area contributed by atoms with Crippen molar-refractivity contribution in [1.82, 2.24) is 5.32 Å². The maximum absolute atomic E-state index is 12.2. The smallest absolute Gasteiger partial charge is 0.224 e. The molecule has 1 fully saturated rings. The van der Waals surface area contributed by atoms with Gasteiger partial charge in [0, 0.05) is 0 Å². The number of carbonyl (C=O) groups is 1. The molecule has 2 aliphatic carbocycles. The molecule has 3 nitrogen and oxygen atoms in total. The van der Waals surface area contributed by atoms with Gasteiger partial charge in [0.2, 0.25) is 5.91 Å². The molecule has 1 aromatic rings. The Bertz CT molecular complexity index is 512. The van der Waals surface area contributed by atoms with E-state index in [1.807, 2.05) is 0 Å². The second-order valence-electron chi connectivity index (χ2n) is 6.51. The van der Waals surface area contributed by atoms with Gasteiger partial charge >= 0.3 is 0 Å². The monoisotopic (exact) mass is 287 g/mol. The van der Waals surface area contributed by atoms with Crippen molar-refractivity contribution in [2.24, 2.45) is 0 Å². The van der Waals surface area contributed by atoms with E-state index in [0.29, 0.717) is 6.42 Å². The third kappa shape index (κ3) is 3.65. The molecule has 2 N–H and O–H groups in total. The molecule has 0 aliphatic heterocycles. The Morgan fingerprint density at radius 2 is 1.86 bits per heavy atom. The average molecular weight is 287 g/mol. The van der Waals surface area contributed by atoms with Crippen LogP contribution < -0.4 is 5.32 Å². The first-order chi connectivity index (χ1) is 10.2. The van der Waals surface area contributed by atoms with Crippen molar-refractivity contribution in [2.45, 2.75) is 69.9 Å². The lowest BCUT2D eigenvalue weighted by molar-refractivity contribution is -0.122. The normalized spacial score (nSPS) is 25.2. The highest BCUT2D eigenvalue weighted by atomic mass is 16.3. The van der Waals surface area contributed by atoms with Gasteiger partial charge in [-0.1, -0.05) is 31.0 Å². The number of carbonyl (C=O) groups excluding carboxylic acids is 1. The summed E-state index contributed by atoms with van der Waals surface area (Å²) in [6.07, 6.45) is 8.80. The number of fused-ring (bicyclic) bond motifs is 1. The fraction of sp³-hybridized carbons (Fsp3) is 0.611. The van der Waals surface area contributed by atoms with Crippen molar-refractivity contribution in [2.75, 3.05) is 0 Å². The maximum atomic E-state index is 12.2. The van der Waals surface area contributed by atoms with Gasteiger partial charge in [-0.05, 0) is 55.2 Å². The van der Waals surface area contributed by atoms with E-state index in [1.54, 1.807) is 0 Å². The Morgan fingerprint density at radius 1 is 1.10 bits per heavy atom. The molecule has 3 rings (SSSR count). The van der Waals surface area contributed by atoms with Gasteiger partial charge in [-0.15, -0.1) is 0 Å². The summed E-state index contributed by atoms with van der Waals surface area (Å²) in [6, 6.07) is 6.42. The second-order valence-corrected chi connectivity index (χ2v) is 6.51. The highest BCUT2D eigenvalue weighted by Crippen LogP contribution is 2.23. The minimum atomic E-state index is -0.369. The minimum Gasteiger partial charge on any atom is -0.391 e. The molecule has 0 unspecified atom stereocenters. The van der Waals surface area contributed by atoms with Crippen LogP contribution in [0.25, 0.3) is 0 Å². The molecule has 0 bridgehead atoms. The molecule has 1 amide bonds. The lowest BCUT2D eigenvalue weighted by Gasteiger charge is -2.28. The zero-order chi connectivity index (χ0) is 14.7. The summed E-state index contributed by atoms with van der Waals surface area (Å²) in [4.78, 5) is 12.2. The van der Waals surface area contributed by atoms with Crippen LogP contribution in [0.15, 0.2) is 18.2 Å². The van der Waals surface area contributed by atoms with E-state index in [-0.39, 0.29) is 18.1 Å². The number of nitrogens with one attached hydrogen (secondary N) is 1. The molecule has 2 atom stereocenters. The molecule has 0 radical (unpaired) electrons. The van der Waals surface area contributed by atoms with Crippen molar-refractivity contribution in [1.29, 1.82) is 0 Å². The number of aryl methyl sites for hydroxylation is 2. The van der Waals surface area contributed by atoms with E-state index in [0.717, 1.165) is 37.7 Å². The predicted octanol–water partition coefficient (Wildman–Crippen LogP) is 2.53. The zero-order valence-electron chi connectivity index (χ0n) is 12.6. The van der Waals surface area contributed by atoms with Gasteiger partial charge in [0.1, 0.15) is 0 Å². The highest BCUT2D eigenvalue weighted by Gasteiger charge is 2.24. The molecule has 0 aromatic heterocycles. The van der Waals surface area contributed by atoms with Crippen molar-refractivity contribution in [3.05, 3.63) is 34.9 Å². The maximum Gasteiger partial charge on any atom is 0.224 e. The summed E-state index contributed by atoms with van der Waals surface area (Å²) >= 11 is 0. The van der Waals surface area contributed by atoms with E-state index in [4.69, 9.17) is 0 Å². The number of aliphatic hydroxyl groups excluding tert-OH is 1. The fourth-order valence-corrected chi connectivity index (χ4v) is 3.62. The molecular weight excluding hydrogens is 262 g/mol. The first kappa shape index (κ1) is 14.6. The topological polar surface area (TPSA) is 49.3 Å². The Labute approximate surface area is 126 Å². The van der Waals surface area contributed by atoms with E-state index in [1.165, 1.54) is 30.4 Å². The van der Waals surface area contributed by atoms with Gasteiger partial charge in [-0.25, -0.2) is 0 Å². The lowest BCUT2D eigenvalue weighted by atomic mass is 9.89. The zero-order valence-corrected chi connectivity index (χ0v) is 12.6. The van der Waals surface area contributed by atoms with Crippen LogP contribution in [0, 0.1) is 0 Å². The first-order valence-electron chi connectivity index (χ1n) is 8.30. The number of hydrogen-bond acceptors (Lipinski definition) is 2. The van der Waals surface area contributed by atoms with Gasteiger partial charge in [0.05, 0.1) is 18.6 Å². The molecule has 0 heterocycles. The van der Waals surface area contributed by atoms with Crippen LogP contribution in [0.1, 0.15) is 55.2 Å². The van der Waals surface area contributed by atoms with Crippen LogP contribution in [0.3, 0.4) is 0 Å². The lowest BCUT2D eigenvalue weighted by Crippen LogP contribution is -2.45. The number of hydrogen-bond donors (Lipinski definition) is 2. The van der Waals surface area contributed by atoms with Crippen LogP contribution in [0.2, 0.25) is 0 Å². The van der Waals surface area contributed by atoms with Crippen molar-refractivity contribution >= 4 is 5.91 Å². The summed E-state index contributed by atoms with van der Waals surface area (Å²) in [5, 5.41) is 12.9. The molecule has 2 aliphatic rings. The summed E-state index contributed by atoms with van der Waals surface area (Å²) in [5.41, 5.74) is 3.97. The van der Waals surface area contributed by atoms with E-state index >= 15 is 0 Å². The van der Waals surface area contributed by atoms with Gasteiger partial charge in [0.15, 0.2) is 0 Å². The standard InChI is InChI=1S/C18H25NO2/c20-17-8-4-3-7-16(17)19-18(21)12-13-9-10-14-5-1-2-6-15(14)11-13/h9-11,16-17,20H,1-8,12H2,(H,19,21)/t16-,17-/m0/s1. The Kier molecular flexibility index (Phi) is 4.59. The summed E-state index contributed by atoms with van der Waals surface area (Å²) in [6.45, 7) is 0. The van der Waals surface area contributed by atoms with Crippen LogP contribution in [-0.2, 0) is 24.1 Å². The first-order valence-corrected chi connectivity index (χ1v) is 8.30. The quantitative estimate of drug-likeness (QED) is 0.897. The molecule has 0 spiro atoms. The van der Waals surface area contributed by atoms with Crippen molar-refractivity contribution in [3.63, 3.8) is 0 Å². The van der Waals surface area contributed by atoms with Crippen LogP contribution >= 0.6 is 0 Å². The van der Waals surface area contributed by atoms with E-state index in [2.05, 4.69) is 23.5 Å². The van der Waals surface area contributed by atoms with Gasteiger partial charge < -0.3 is 10.4 Å². The number of benzene rings is 1. The van der Waals surface area contributed by atoms with Crippen LogP contribution in [0.5, 0.6) is 0 Å². The Hall–Kier alpha value is -1.35. The molecular formula is C18H25NO2.